The molecule has 3 heterocycles. The molecule has 0 aliphatic carbocycles. The van der Waals surface area contributed by atoms with Gasteiger partial charge in [0.05, 0.1) is 23.7 Å². The molecular formula is C35H39F2N5O4. The summed E-state index contributed by atoms with van der Waals surface area (Å²) in [5.74, 6) is -0.596. The van der Waals surface area contributed by atoms with Gasteiger partial charge in [-0.3, -0.25) is 9.59 Å². The molecule has 0 spiro atoms. The van der Waals surface area contributed by atoms with Crippen LogP contribution in [-0.2, 0) is 16.0 Å². The lowest BCUT2D eigenvalue weighted by atomic mass is 9.85. The van der Waals surface area contributed by atoms with Crippen LogP contribution < -0.4 is 10.1 Å². The van der Waals surface area contributed by atoms with Gasteiger partial charge in [-0.15, -0.1) is 0 Å². The predicted molar refractivity (Wildman–Crippen MR) is 170 cm³/mol. The summed E-state index contributed by atoms with van der Waals surface area (Å²) in [5.41, 5.74) is 4.24. The minimum absolute atomic E-state index is 0.0908. The zero-order chi connectivity index (χ0) is 32.6. The van der Waals surface area contributed by atoms with Crippen LogP contribution in [0, 0.1) is 12.8 Å². The monoisotopic (exact) mass is 631 g/mol. The number of likely N-dealkylation sites (tertiary alicyclic amines) is 1. The first-order valence-corrected chi connectivity index (χ1v) is 15.4. The molecule has 9 nitrogen and oxygen atoms in total. The molecule has 0 saturated carbocycles. The second kappa shape index (κ2) is 15.2. The van der Waals surface area contributed by atoms with Crippen molar-refractivity contribution in [3.8, 4) is 22.8 Å². The number of carbonyl (C=O) groups is 2. The number of amides is 1. The Morgan fingerprint density at radius 3 is 2.46 bits per heavy atom. The van der Waals surface area contributed by atoms with E-state index in [4.69, 9.17) is 9.84 Å². The number of nitrogens with zero attached hydrogens (tertiary/aromatic N) is 4. The van der Waals surface area contributed by atoms with Crippen molar-refractivity contribution < 1.29 is 27.8 Å². The molecule has 2 aromatic heterocycles. The fraction of sp³-hybridized carbons (Fsp3) is 0.371. The summed E-state index contributed by atoms with van der Waals surface area (Å²) in [6.45, 7) is 3.85. The number of Topliss-reactive ketones (excluding diaryl/α,β-unsaturated/α-hetero) is 1. The van der Waals surface area contributed by atoms with Gasteiger partial charge in [0, 0.05) is 63.8 Å². The first kappa shape index (κ1) is 32.9. The van der Waals surface area contributed by atoms with Crippen molar-refractivity contribution in [1.82, 2.24) is 25.0 Å². The van der Waals surface area contributed by atoms with Gasteiger partial charge in [-0.25, -0.2) is 9.67 Å². The number of ketones is 1. The molecule has 1 aliphatic rings. The number of aromatic nitrogens is 3. The van der Waals surface area contributed by atoms with Crippen molar-refractivity contribution in [2.24, 2.45) is 5.92 Å². The summed E-state index contributed by atoms with van der Waals surface area (Å²) in [6.07, 6.45) is 1.90. The molecule has 0 bridgehead atoms. The largest absolute Gasteiger partial charge is 0.416 e. The number of nitrogens with one attached hydrogen (secondary N) is 1. The molecule has 242 valence electrons. The summed E-state index contributed by atoms with van der Waals surface area (Å²) in [6, 6.07) is 21.3. The number of benzene rings is 2. The highest BCUT2D eigenvalue weighted by Crippen LogP contribution is 2.36. The standard InChI is InChI=1S/C35H39F2N5O4/c1-4-38-33(44)29-18-25(20-39-34(29)46-35(36)37)32-23(2)31(42(40-32)27-13-9-6-10-14-27)19-28(43)17-26-21-41(15-16-45-3)22-30(26)24-11-7-5-8-12-24/h5-14,18,20,26,30,35H,4,15-17,19,21-22H2,1-3H3,(H,38,44)/t26-,30+/m1/s1. The number of ether oxygens (including phenoxy) is 2. The van der Waals surface area contributed by atoms with Crippen LogP contribution in [0.2, 0.25) is 0 Å². The molecular weight excluding hydrogens is 592 g/mol. The van der Waals surface area contributed by atoms with E-state index in [1.54, 1.807) is 18.7 Å². The molecule has 4 aromatic rings. The first-order chi connectivity index (χ1) is 22.3. The van der Waals surface area contributed by atoms with Crippen LogP contribution >= 0.6 is 0 Å². The van der Waals surface area contributed by atoms with Crippen LogP contribution in [0.1, 0.15) is 46.4 Å². The SMILES string of the molecule is CCNC(=O)c1cc(-c2nn(-c3ccccc3)c(CC(=O)C[C@@H]3CN(CCOC)C[C@H]3c3ccccc3)c2C)cnc1OC(F)F. The van der Waals surface area contributed by atoms with E-state index in [1.807, 2.05) is 55.5 Å². The zero-order valence-electron chi connectivity index (χ0n) is 26.3. The number of hydrogen-bond donors (Lipinski definition) is 1. The van der Waals surface area contributed by atoms with E-state index in [0.717, 1.165) is 30.9 Å². The molecule has 1 aliphatic heterocycles. The van der Waals surface area contributed by atoms with Crippen molar-refractivity contribution in [2.75, 3.05) is 39.9 Å². The number of pyridine rings is 1. The lowest BCUT2D eigenvalue weighted by Crippen LogP contribution is -2.25. The quantitative estimate of drug-likeness (QED) is 0.198. The molecule has 2 aromatic carbocycles. The van der Waals surface area contributed by atoms with E-state index in [9.17, 15) is 18.4 Å². The molecule has 46 heavy (non-hydrogen) atoms. The average molecular weight is 632 g/mol. The molecule has 5 rings (SSSR count). The van der Waals surface area contributed by atoms with E-state index in [1.165, 1.54) is 17.8 Å². The van der Waals surface area contributed by atoms with E-state index in [2.05, 4.69) is 32.1 Å². The Kier molecular flexibility index (Phi) is 10.9. The lowest BCUT2D eigenvalue weighted by molar-refractivity contribution is -0.119. The van der Waals surface area contributed by atoms with Crippen LogP contribution in [0.4, 0.5) is 8.78 Å². The van der Waals surface area contributed by atoms with Crippen LogP contribution in [0.15, 0.2) is 72.9 Å². The molecule has 1 saturated heterocycles. The molecule has 1 amide bonds. The van der Waals surface area contributed by atoms with Crippen LogP contribution in [0.5, 0.6) is 5.88 Å². The first-order valence-electron chi connectivity index (χ1n) is 15.4. The van der Waals surface area contributed by atoms with Gasteiger partial charge in [-0.2, -0.15) is 13.9 Å². The normalized spacial score (nSPS) is 16.6. The number of para-hydroxylation sites is 1. The summed E-state index contributed by atoms with van der Waals surface area (Å²) >= 11 is 0. The number of rotatable bonds is 14. The smallest absolute Gasteiger partial charge is 0.388 e. The maximum atomic E-state index is 13.9. The van der Waals surface area contributed by atoms with Crippen molar-refractivity contribution in [3.63, 3.8) is 0 Å². The van der Waals surface area contributed by atoms with Gasteiger partial charge in [0.2, 0.25) is 5.88 Å². The lowest BCUT2D eigenvalue weighted by Gasteiger charge is -2.18. The number of methoxy groups -OCH3 is 1. The van der Waals surface area contributed by atoms with Crippen molar-refractivity contribution in [2.45, 2.75) is 39.2 Å². The Labute approximate surface area is 267 Å². The maximum absolute atomic E-state index is 13.9. The van der Waals surface area contributed by atoms with Crippen molar-refractivity contribution in [1.29, 1.82) is 0 Å². The third-order valence-corrected chi connectivity index (χ3v) is 8.36. The van der Waals surface area contributed by atoms with Crippen LogP contribution in [0.3, 0.4) is 0 Å². The van der Waals surface area contributed by atoms with Crippen molar-refractivity contribution >= 4 is 11.7 Å². The molecule has 1 N–H and O–H groups in total. The molecule has 11 heteroatoms. The third kappa shape index (κ3) is 7.66. The van der Waals surface area contributed by atoms with Gasteiger partial charge in [0.25, 0.3) is 5.91 Å². The van der Waals surface area contributed by atoms with Gasteiger partial charge < -0.3 is 19.7 Å². The highest BCUT2D eigenvalue weighted by atomic mass is 19.3. The Morgan fingerprint density at radius 1 is 1.07 bits per heavy atom. The number of carbonyl (C=O) groups excluding carboxylic acids is 2. The molecule has 0 unspecified atom stereocenters. The number of halogens is 2. The minimum atomic E-state index is -3.14. The Morgan fingerprint density at radius 2 is 1.78 bits per heavy atom. The summed E-state index contributed by atoms with van der Waals surface area (Å²) in [5, 5.41) is 7.48. The molecule has 0 radical (unpaired) electrons. The number of alkyl halides is 2. The topological polar surface area (TPSA) is 98.6 Å². The molecule has 2 atom stereocenters. The predicted octanol–water partition coefficient (Wildman–Crippen LogP) is 5.46. The summed E-state index contributed by atoms with van der Waals surface area (Å²) in [7, 11) is 1.70. The second-order valence-electron chi connectivity index (χ2n) is 11.4. The van der Waals surface area contributed by atoms with Gasteiger partial charge in [-0.05, 0) is 49.1 Å². The summed E-state index contributed by atoms with van der Waals surface area (Å²) in [4.78, 5) is 33.1. The number of hydrogen-bond acceptors (Lipinski definition) is 7. The third-order valence-electron chi connectivity index (χ3n) is 8.36. The summed E-state index contributed by atoms with van der Waals surface area (Å²) < 4.78 is 37.8. The van der Waals surface area contributed by atoms with Gasteiger partial charge >= 0.3 is 6.61 Å². The van der Waals surface area contributed by atoms with E-state index in [0.29, 0.717) is 36.5 Å². The highest BCUT2D eigenvalue weighted by molar-refractivity contribution is 5.97. The second-order valence-corrected chi connectivity index (χ2v) is 11.4. The van der Waals surface area contributed by atoms with Gasteiger partial charge in [0.1, 0.15) is 11.3 Å². The fourth-order valence-corrected chi connectivity index (χ4v) is 6.17. The van der Waals surface area contributed by atoms with Crippen molar-refractivity contribution in [3.05, 3.63) is 95.3 Å². The van der Waals surface area contributed by atoms with E-state index >= 15 is 0 Å². The Hall–Kier alpha value is -4.48. The fourth-order valence-electron chi connectivity index (χ4n) is 6.17. The zero-order valence-corrected chi connectivity index (χ0v) is 26.3. The average Bonchev–Trinajstić information content (AvgIpc) is 3.61. The van der Waals surface area contributed by atoms with E-state index < -0.39 is 18.4 Å². The van der Waals surface area contributed by atoms with Crippen LogP contribution in [0.25, 0.3) is 16.9 Å². The maximum Gasteiger partial charge on any atom is 0.388 e. The minimum Gasteiger partial charge on any atom is -0.416 e. The van der Waals surface area contributed by atoms with Gasteiger partial charge in [0.15, 0.2) is 0 Å². The van der Waals surface area contributed by atoms with Crippen LogP contribution in [-0.4, -0.2) is 77.9 Å². The Balaban J connectivity index is 1.47. The Bertz CT molecular complexity index is 1630. The van der Waals surface area contributed by atoms with E-state index in [-0.39, 0.29) is 29.6 Å². The van der Waals surface area contributed by atoms with Gasteiger partial charge in [-0.1, -0.05) is 48.5 Å². The highest BCUT2D eigenvalue weighted by Gasteiger charge is 2.35. The molecule has 1 fully saturated rings.